The van der Waals surface area contributed by atoms with Crippen molar-refractivity contribution in [3.05, 3.63) is 28.7 Å². The molecule has 1 radical (unpaired) electrons. The van der Waals surface area contributed by atoms with E-state index in [1.54, 1.807) is 0 Å². The summed E-state index contributed by atoms with van der Waals surface area (Å²) in [6.07, 6.45) is 2.66. The van der Waals surface area contributed by atoms with Crippen molar-refractivity contribution in [2.75, 3.05) is 6.61 Å². The zero-order valence-corrected chi connectivity index (χ0v) is 8.30. The normalized spacial score (nSPS) is 16.1. The lowest BCUT2D eigenvalue weighted by molar-refractivity contribution is 0.298. The Labute approximate surface area is 80.9 Å². The summed E-state index contributed by atoms with van der Waals surface area (Å²) in [6.45, 7) is 0.864. The van der Waals surface area contributed by atoms with E-state index in [0.29, 0.717) is 0 Å². The molecule has 0 amide bonds. The number of hydrogen-bond donors (Lipinski definition) is 0. The monoisotopic (exact) mass is 225 g/mol. The third-order valence-corrected chi connectivity index (χ3v) is 2.57. The van der Waals surface area contributed by atoms with Gasteiger partial charge in [0, 0.05) is 0 Å². The average molecular weight is 226 g/mol. The van der Waals surface area contributed by atoms with E-state index in [4.69, 9.17) is 4.74 Å². The Bertz CT molecular complexity index is 268. The lowest BCUT2D eigenvalue weighted by Gasteiger charge is -2.05. The first-order valence-electron chi connectivity index (χ1n) is 4.14. The lowest BCUT2D eigenvalue weighted by Crippen LogP contribution is -1.98. The van der Waals surface area contributed by atoms with Crippen molar-refractivity contribution >= 4 is 15.9 Å². The predicted molar refractivity (Wildman–Crippen MR) is 51.2 cm³/mol. The van der Waals surface area contributed by atoms with Gasteiger partial charge in [-0.05, 0) is 52.9 Å². The molecule has 12 heavy (non-hydrogen) atoms. The van der Waals surface area contributed by atoms with Gasteiger partial charge in [0.05, 0.1) is 11.1 Å². The van der Waals surface area contributed by atoms with Crippen LogP contribution in [0.25, 0.3) is 0 Å². The highest BCUT2D eigenvalue weighted by molar-refractivity contribution is 9.10. The smallest absolute Gasteiger partial charge is 0.133 e. The Balaban J connectivity index is 1.96. The second kappa shape index (κ2) is 3.48. The van der Waals surface area contributed by atoms with Gasteiger partial charge in [-0.15, -0.1) is 0 Å². The van der Waals surface area contributed by atoms with Crippen molar-refractivity contribution in [2.24, 2.45) is 5.92 Å². The van der Waals surface area contributed by atoms with Gasteiger partial charge in [-0.25, -0.2) is 0 Å². The van der Waals surface area contributed by atoms with Crippen LogP contribution in [0.3, 0.4) is 0 Å². The molecule has 0 unspecified atom stereocenters. The molecule has 1 nitrogen and oxygen atoms in total. The zero-order valence-electron chi connectivity index (χ0n) is 6.72. The lowest BCUT2D eigenvalue weighted by atomic mass is 10.3. The van der Waals surface area contributed by atoms with Gasteiger partial charge in [-0.1, -0.05) is 6.07 Å². The van der Waals surface area contributed by atoms with E-state index >= 15 is 0 Å². The van der Waals surface area contributed by atoms with Crippen LogP contribution in [0.5, 0.6) is 5.75 Å². The molecule has 0 heterocycles. The fourth-order valence-corrected chi connectivity index (χ4v) is 1.38. The SMILES string of the molecule is Brc1c[c]ccc1OCC1CC1. The first-order chi connectivity index (χ1) is 5.86. The van der Waals surface area contributed by atoms with Crippen LogP contribution < -0.4 is 4.74 Å². The van der Waals surface area contributed by atoms with Crippen molar-refractivity contribution < 1.29 is 4.74 Å². The van der Waals surface area contributed by atoms with Gasteiger partial charge in [0.2, 0.25) is 0 Å². The topological polar surface area (TPSA) is 9.23 Å². The highest BCUT2D eigenvalue weighted by Gasteiger charge is 2.22. The average Bonchev–Trinajstić information content (AvgIpc) is 2.86. The van der Waals surface area contributed by atoms with E-state index in [9.17, 15) is 0 Å². The molecule has 0 saturated heterocycles. The van der Waals surface area contributed by atoms with Gasteiger partial charge in [0.1, 0.15) is 5.75 Å². The molecule has 0 bridgehead atoms. The molecular formula is C10H10BrO. The Hall–Kier alpha value is -0.500. The highest BCUT2D eigenvalue weighted by Crippen LogP contribution is 2.31. The molecule has 2 heteroatoms. The first-order valence-corrected chi connectivity index (χ1v) is 4.94. The molecule has 0 atom stereocenters. The summed E-state index contributed by atoms with van der Waals surface area (Å²) in [5.41, 5.74) is 0. The van der Waals surface area contributed by atoms with Gasteiger partial charge in [0.25, 0.3) is 0 Å². The molecule has 1 aromatic rings. The van der Waals surface area contributed by atoms with E-state index in [2.05, 4.69) is 22.0 Å². The molecule has 1 fully saturated rings. The molecular weight excluding hydrogens is 216 g/mol. The van der Waals surface area contributed by atoms with Crippen LogP contribution in [0.1, 0.15) is 12.8 Å². The summed E-state index contributed by atoms with van der Waals surface area (Å²) in [5, 5.41) is 0. The van der Waals surface area contributed by atoms with Gasteiger partial charge in [-0.3, -0.25) is 0 Å². The van der Waals surface area contributed by atoms with Gasteiger partial charge < -0.3 is 4.74 Å². The number of ether oxygens (including phenoxy) is 1. The predicted octanol–water partition coefficient (Wildman–Crippen LogP) is 3.04. The summed E-state index contributed by atoms with van der Waals surface area (Å²) in [6, 6.07) is 8.66. The largest absolute Gasteiger partial charge is 0.492 e. The Kier molecular flexibility index (Phi) is 2.35. The standard InChI is InChI=1S/C10H10BrO/c11-9-3-1-2-4-10(9)12-7-8-5-6-8/h2-4,8H,5-7H2. The maximum atomic E-state index is 5.59. The molecule has 63 valence electrons. The van der Waals surface area contributed by atoms with Crippen LogP contribution in [0.15, 0.2) is 22.7 Å². The third-order valence-electron chi connectivity index (χ3n) is 1.95. The maximum Gasteiger partial charge on any atom is 0.133 e. The Morgan fingerprint density at radius 1 is 1.58 bits per heavy atom. The molecule has 0 aromatic heterocycles. The van der Waals surface area contributed by atoms with Crippen molar-refractivity contribution in [1.29, 1.82) is 0 Å². The first kappa shape index (κ1) is 8.11. The summed E-state index contributed by atoms with van der Waals surface area (Å²) in [4.78, 5) is 0. The van der Waals surface area contributed by atoms with E-state index in [-0.39, 0.29) is 0 Å². The van der Waals surface area contributed by atoms with Crippen LogP contribution in [0.4, 0.5) is 0 Å². The van der Waals surface area contributed by atoms with Gasteiger partial charge >= 0.3 is 0 Å². The number of halogens is 1. The second-order valence-corrected chi connectivity index (χ2v) is 3.97. The molecule has 1 aliphatic carbocycles. The quantitative estimate of drug-likeness (QED) is 0.769. The zero-order chi connectivity index (χ0) is 8.39. The minimum atomic E-state index is 0.807. The summed E-state index contributed by atoms with van der Waals surface area (Å²) in [7, 11) is 0. The van der Waals surface area contributed by atoms with Gasteiger partial charge in [0.15, 0.2) is 0 Å². The molecule has 1 aliphatic rings. The van der Waals surface area contributed by atoms with E-state index in [1.807, 2.05) is 18.2 Å². The van der Waals surface area contributed by atoms with Crippen molar-refractivity contribution in [3.63, 3.8) is 0 Å². The molecule has 1 saturated carbocycles. The third kappa shape index (κ3) is 2.01. The van der Waals surface area contributed by atoms with E-state index in [0.717, 1.165) is 22.7 Å². The maximum absolute atomic E-state index is 5.59. The Morgan fingerprint density at radius 2 is 2.42 bits per heavy atom. The number of hydrogen-bond acceptors (Lipinski definition) is 1. The van der Waals surface area contributed by atoms with Crippen molar-refractivity contribution in [2.45, 2.75) is 12.8 Å². The van der Waals surface area contributed by atoms with Crippen molar-refractivity contribution in [1.82, 2.24) is 0 Å². The summed E-state index contributed by atoms with van der Waals surface area (Å²) >= 11 is 3.41. The molecule has 1 aromatic carbocycles. The van der Waals surface area contributed by atoms with Crippen LogP contribution in [0, 0.1) is 12.0 Å². The fourth-order valence-electron chi connectivity index (χ4n) is 1.01. The van der Waals surface area contributed by atoms with E-state index in [1.165, 1.54) is 12.8 Å². The Morgan fingerprint density at radius 3 is 3.08 bits per heavy atom. The molecule has 0 aliphatic heterocycles. The van der Waals surface area contributed by atoms with Crippen LogP contribution >= 0.6 is 15.9 Å². The van der Waals surface area contributed by atoms with Crippen LogP contribution in [0.2, 0.25) is 0 Å². The minimum absolute atomic E-state index is 0.807. The van der Waals surface area contributed by atoms with Crippen LogP contribution in [-0.2, 0) is 0 Å². The van der Waals surface area contributed by atoms with Crippen molar-refractivity contribution in [3.8, 4) is 5.75 Å². The fraction of sp³-hybridized carbons (Fsp3) is 0.400. The van der Waals surface area contributed by atoms with Gasteiger partial charge in [-0.2, -0.15) is 0 Å². The summed E-state index contributed by atoms with van der Waals surface area (Å²) in [5.74, 6) is 1.74. The molecule has 0 N–H and O–H groups in total. The molecule has 2 rings (SSSR count). The molecule has 0 spiro atoms. The number of benzene rings is 1. The summed E-state index contributed by atoms with van der Waals surface area (Å²) < 4.78 is 6.59. The minimum Gasteiger partial charge on any atom is -0.492 e. The van der Waals surface area contributed by atoms with E-state index < -0.39 is 0 Å². The second-order valence-electron chi connectivity index (χ2n) is 3.11. The van der Waals surface area contributed by atoms with Crippen LogP contribution in [-0.4, -0.2) is 6.61 Å². The number of rotatable bonds is 3. The highest BCUT2D eigenvalue weighted by atomic mass is 79.9.